The molecule has 29 heavy (non-hydrogen) atoms. The number of unbranched alkanes of at least 4 members (excludes halogenated alkanes) is 1. The molecule has 1 unspecified atom stereocenters. The number of anilines is 1. The first-order valence-electron chi connectivity index (χ1n) is 10.7. The number of hydrogen-bond acceptors (Lipinski definition) is 4. The SMILES string of the molecule is OC(CNc1ccccc1)CN1CCN(CCCCC2C=CC(F)(F)C=C2)CC1. The van der Waals surface area contributed by atoms with Crippen molar-refractivity contribution in [2.45, 2.75) is 31.3 Å². The van der Waals surface area contributed by atoms with Crippen LogP contribution in [0.3, 0.4) is 0 Å². The van der Waals surface area contributed by atoms with Crippen molar-refractivity contribution >= 4 is 5.69 Å². The molecule has 6 heteroatoms. The number of alkyl halides is 2. The van der Waals surface area contributed by atoms with Crippen LogP contribution in [0, 0.1) is 5.92 Å². The molecule has 1 fully saturated rings. The summed E-state index contributed by atoms with van der Waals surface area (Å²) in [6.45, 7) is 6.31. The van der Waals surface area contributed by atoms with Gasteiger partial charge in [0.15, 0.2) is 0 Å². The van der Waals surface area contributed by atoms with Gasteiger partial charge in [-0.1, -0.05) is 36.8 Å². The quantitative estimate of drug-likeness (QED) is 0.461. The van der Waals surface area contributed by atoms with Crippen molar-refractivity contribution in [2.24, 2.45) is 5.92 Å². The number of β-amino-alcohol motifs (C(OH)–C–C–N with tert-alkyl or cyclic N) is 1. The molecule has 0 bridgehead atoms. The third-order valence-electron chi connectivity index (χ3n) is 5.64. The van der Waals surface area contributed by atoms with E-state index in [1.165, 1.54) is 0 Å². The van der Waals surface area contributed by atoms with E-state index in [4.69, 9.17) is 0 Å². The topological polar surface area (TPSA) is 38.7 Å². The van der Waals surface area contributed by atoms with Crippen molar-refractivity contribution < 1.29 is 13.9 Å². The van der Waals surface area contributed by atoms with Crippen molar-refractivity contribution in [3.05, 3.63) is 54.6 Å². The van der Waals surface area contributed by atoms with Gasteiger partial charge in [-0.2, -0.15) is 8.78 Å². The Hall–Kier alpha value is -1.76. The molecule has 0 spiro atoms. The van der Waals surface area contributed by atoms with E-state index < -0.39 is 5.92 Å². The fourth-order valence-electron chi connectivity index (χ4n) is 3.88. The maximum atomic E-state index is 13.0. The van der Waals surface area contributed by atoms with Gasteiger partial charge in [-0.3, -0.25) is 4.90 Å². The minimum atomic E-state index is -2.76. The number of rotatable bonds is 10. The third-order valence-corrected chi connectivity index (χ3v) is 5.64. The molecule has 0 saturated carbocycles. The summed E-state index contributed by atoms with van der Waals surface area (Å²) in [7, 11) is 0. The van der Waals surface area contributed by atoms with E-state index in [1.54, 1.807) is 12.2 Å². The predicted molar refractivity (Wildman–Crippen MR) is 114 cm³/mol. The number of aliphatic hydroxyl groups excluding tert-OH is 1. The number of benzene rings is 1. The summed E-state index contributed by atoms with van der Waals surface area (Å²) in [6, 6.07) is 9.94. The molecule has 2 N–H and O–H groups in total. The number of nitrogens with one attached hydrogen (secondary N) is 1. The molecule has 1 atom stereocenters. The Morgan fingerprint density at radius 1 is 1.00 bits per heavy atom. The molecule has 0 aromatic heterocycles. The van der Waals surface area contributed by atoms with Gasteiger partial charge in [-0.05, 0) is 49.6 Å². The largest absolute Gasteiger partial charge is 0.390 e. The first-order chi connectivity index (χ1) is 14.0. The van der Waals surface area contributed by atoms with Gasteiger partial charge >= 0.3 is 0 Å². The molecule has 1 aliphatic carbocycles. The Morgan fingerprint density at radius 2 is 1.66 bits per heavy atom. The molecule has 4 nitrogen and oxygen atoms in total. The Labute approximate surface area is 172 Å². The molecule has 1 saturated heterocycles. The summed E-state index contributed by atoms with van der Waals surface area (Å²) in [5, 5.41) is 13.6. The van der Waals surface area contributed by atoms with Crippen LogP contribution in [0.1, 0.15) is 19.3 Å². The Balaban J connectivity index is 1.23. The average Bonchev–Trinajstić information content (AvgIpc) is 2.73. The number of halogens is 2. The van der Waals surface area contributed by atoms with Crippen molar-refractivity contribution in [3.63, 3.8) is 0 Å². The van der Waals surface area contributed by atoms with E-state index in [0.717, 1.165) is 69.8 Å². The first-order valence-corrected chi connectivity index (χ1v) is 10.7. The van der Waals surface area contributed by atoms with Crippen LogP contribution >= 0.6 is 0 Å². The molecular formula is C23H33F2N3O. The smallest absolute Gasteiger partial charge is 0.284 e. The number of nitrogens with zero attached hydrogens (tertiary/aromatic N) is 2. The van der Waals surface area contributed by atoms with Crippen LogP contribution in [0.5, 0.6) is 0 Å². The second-order valence-corrected chi connectivity index (χ2v) is 8.10. The average molecular weight is 406 g/mol. The van der Waals surface area contributed by atoms with Gasteiger partial charge in [0.25, 0.3) is 5.92 Å². The van der Waals surface area contributed by atoms with E-state index in [-0.39, 0.29) is 12.0 Å². The Morgan fingerprint density at radius 3 is 2.34 bits per heavy atom. The van der Waals surface area contributed by atoms with Gasteiger partial charge in [0.2, 0.25) is 0 Å². The van der Waals surface area contributed by atoms with Gasteiger partial charge < -0.3 is 15.3 Å². The van der Waals surface area contributed by atoms with Crippen LogP contribution in [-0.2, 0) is 0 Å². The molecule has 0 amide bonds. The number of para-hydroxylation sites is 1. The summed E-state index contributed by atoms with van der Waals surface area (Å²) >= 11 is 0. The van der Waals surface area contributed by atoms with Crippen molar-refractivity contribution in [1.82, 2.24) is 9.80 Å². The van der Waals surface area contributed by atoms with Gasteiger partial charge in [-0.15, -0.1) is 0 Å². The highest BCUT2D eigenvalue weighted by Crippen LogP contribution is 2.26. The lowest BCUT2D eigenvalue weighted by molar-refractivity contribution is 0.0775. The van der Waals surface area contributed by atoms with Crippen molar-refractivity contribution in [3.8, 4) is 0 Å². The maximum absolute atomic E-state index is 13.0. The van der Waals surface area contributed by atoms with Crippen LogP contribution in [0.15, 0.2) is 54.6 Å². The minimum absolute atomic E-state index is 0.150. The monoisotopic (exact) mass is 405 g/mol. The number of allylic oxidation sites excluding steroid dienone is 4. The summed E-state index contributed by atoms with van der Waals surface area (Å²) in [5.41, 5.74) is 1.03. The predicted octanol–water partition coefficient (Wildman–Crippen LogP) is 3.62. The lowest BCUT2D eigenvalue weighted by atomic mass is 9.96. The summed E-state index contributed by atoms with van der Waals surface area (Å²) in [5.74, 6) is -2.61. The summed E-state index contributed by atoms with van der Waals surface area (Å²) < 4.78 is 26.1. The van der Waals surface area contributed by atoms with Crippen LogP contribution in [0.4, 0.5) is 14.5 Å². The van der Waals surface area contributed by atoms with Crippen LogP contribution in [0.2, 0.25) is 0 Å². The molecule has 0 radical (unpaired) electrons. The molecule has 2 aliphatic rings. The number of piperazine rings is 1. The molecule has 1 aromatic carbocycles. The fraction of sp³-hybridized carbons (Fsp3) is 0.565. The fourth-order valence-corrected chi connectivity index (χ4v) is 3.88. The Kier molecular flexibility index (Phi) is 8.21. The van der Waals surface area contributed by atoms with Gasteiger partial charge in [0.05, 0.1) is 6.10 Å². The zero-order valence-corrected chi connectivity index (χ0v) is 17.0. The second-order valence-electron chi connectivity index (χ2n) is 8.10. The molecule has 1 heterocycles. The van der Waals surface area contributed by atoms with E-state index in [0.29, 0.717) is 13.1 Å². The highest BCUT2D eigenvalue weighted by Gasteiger charge is 2.24. The van der Waals surface area contributed by atoms with E-state index in [9.17, 15) is 13.9 Å². The third kappa shape index (κ3) is 7.88. The van der Waals surface area contributed by atoms with Gasteiger partial charge in [0.1, 0.15) is 0 Å². The highest BCUT2D eigenvalue weighted by atomic mass is 19.3. The van der Waals surface area contributed by atoms with Gasteiger partial charge in [-0.25, -0.2) is 0 Å². The normalized spacial score (nSPS) is 21.3. The van der Waals surface area contributed by atoms with Crippen LogP contribution < -0.4 is 5.32 Å². The molecular weight excluding hydrogens is 372 g/mol. The van der Waals surface area contributed by atoms with Crippen molar-refractivity contribution in [2.75, 3.05) is 51.1 Å². The lowest BCUT2D eigenvalue weighted by Gasteiger charge is -2.35. The molecule has 3 rings (SSSR count). The van der Waals surface area contributed by atoms with Gasteiger partial charge in [0, 0.05) is 45.0 Å². The standard InChI is InChI=1S/C23H33F2N3O/c24-23(25)11-9-20(10-12-23)6-4-5-13-27-14-16-28(17-15-27)19-22(29)18-26-21-7-2-1-3-8-21/h1-3,7-12,20,22,26,29H,4-6,13-19H2. The molecule has 1 aliphatic heterocycles. The van der Waals surface area contributed by atoms with E-state index in [2.05, 4.69) is 15.1 Å². The number of hydrogen-bond donors (Lipinski definition) is 2. The lowest BCUT2D eigenvalue weighted by Crippen LogP contribution is -2.49. The highest BCUT2D eigenvalue weighted by molar-refractivity contribution is 5.42. The van der Waals surface area contributed by atoms with E-state index >= 15 is 0 Å². The summed E-state index contributed by atoms with van der Waals surface area (Å²) in [4.78, 5) is 4.79. The second kappa shape index (κ2) is 10.9. The molecule has 160 valence electrons. The van der Waals surface area contributed by atoms with Crippen molar-refractivity contribution in [1.29, 1.82) is 0 Å². The zero-order chi connectivity index (χ0) is 20.5. The zero-order valence-electron chi connectivity index (χ0n) is 17.0. The van der Waals surface area contributed by atoms with E-state index in [1.807, 2.05) is 30.3 Å². The first kappa shape index (κ1) is 21.9. The van der Waals surface area contributed by atoms with Crippen LogP contribution in [-0.4, -0.2) is 72.7 Å². The Bertz CT molecular complexity index is 641. The summed E-state index contributed by atoms with van der Waals surface area (Å²) in [6.07, 6.45) is 8.00. The minimum Gasteiger partial charge on any atom is -0.390 e. The van der Waals surface area contributed by atoms with Crippen LogP contribution in [0.25, 0.3) is 0 Å². The number of aliphatic hydroxyl groups is 1. The maximum Gasteiger partial charge on any atom is 0.284 e. The molecule has 1 aromatic rings.